The van der Waals surface area contributed by atoms with Gasteiger partial charge in [0.1, 0.15) is 24.3 Å². The number of hydrogen-bond donors (Lipinski definition) is 2. The normalized spacial score (nSPS) is 22.6. The van der Waals surface area contributed by atoms with E-state index < -0.39 is 64.0 Å². The largest absolute Gasteiger partial charge is 0.491 e. The first-order valence-electron chi connectivity index (χ1n) is 10.3. The number of nitrogens with zero attached hydrogens (tertiary/aromatic N) is 2. The van der Waals surface area contributed by atoms with Crippen LogP contribution in [0.4, 0.5) is 28.9 Å². The lowest BCUT2D eigenvalue weighted by atomic mass is 10.1. The molecule has 1 amide bonds. The fourth-order valence-corrected chi connectivity index (χ4v) is 4.57. The summed E-state index contributed by atoms with van der Waals surface area (Å²) in [6.45, 7) is -2.13. The van der Waals surface area contributed by atoms with Crippen LogP contribution in [0.3, 0.4) is 0 Å². The summed E-state index contributed by atoms with van der Waals surface area (Å²) in [6, 6.07) is 3.59. The van der Waals surface area contributed by atoms with Crippen LogP contribution in [0.15, 0.2) is 35.5 Å². The van der Waals surface area contributed by atoms with Gasteiger partial charge in [-0.15, -0.1) is 0 Å². The van der Waals surface area contributed by atoms with Crippen molar-refractivity contribution in [3.05, 3.63) is 42.1 Å². The van der Waals surface area contributed by atoms with Gasteiger partial charge in [0.25, 0.3) is 5.92 Å². The predicted octanol–water partition coefficient (Wildman–Crippen LogP) is 3.00. The molecule has 3 heterocycles. The third-order valence-corrected chi connectivity index (χ3v) is 6.65. The highest BCUT2D eigenvalue weighted by Gasteiger charge is 2.55. The van der Waals surface area contributed by atoms with Gasteiger partial charge in [-0.3, -0.25) is 4.79 Å². The first-order chi connectivity index (χ1) is 16.3. The number of carbonyl (C=O) groups excluding carboxylic acids is 1. The molecule has 1 aromatic heterocycles. The third-order valence-electron chi connectivity index (χ3n) is 5.63. The molecule has 2 fully saturated rings. The van der Waals surface area contributed by atoms with E-state index in [0.717, 1.165) is 13.2 Å². The van der Waals surface area contributed by atoms with Gasteiger partial charge in [0, 0.05) is 24.6 Å². The molecule has 35 heavy (non-hydrogen) atoms. The number of nitrogens with one attached hydrogen (secondary N) is 2. The maximum Gasteiger partial charge on any atom is 0.293 e. The number of carbonyl (C=O) groups is 1. The van der Waals surface area contributed by atoms with E-state index in [2.05, 4.69) is 10.3 Å². The molecule has 2 saturated heterocycles. The fraction of sp³-hybridized carbons (Fsp3) is 0.429. The van der Waals surface area contributed by atoms with Crippen LogP contribution in [0.2, 0.25) is 0 Å². The molecule has 0 aliphatic carbocycles. The van der Waals surface area contributed by atoms with Crippen LogP contribution in [-0.2, 0) is 24.0 Å². The molecule has 190 valence electrons. The molecule has 0 bridgehead atoms. The Morgan fingerprint density at radius 1 is 1.29 bits per heavy atom. The molecular formula is C21H22F4N4O5S. The van der Waals surface area contributed by atoms with Crippen molar-refractivity contribution in [2.45, 2.75) is 29.2 Å². The first-order valence-corrected chi connectivity index (χ1v) is 12.3. The van der Waals surface area contributed by atoms with Crippen LogP contribution in [-0.4, -0.2) is 66.0 Å². The minimum atomic E-state index is -3.22. The molecule has 1 aromatic carbocycles. The van der Waals surface area contributed by atoms with Gasteiger partial charge >= 0.3 is 0 Å². The zero-order valence-corrected chi connectivity index (χ0v) is 19.5. The van der Waals surface area contributed by atoms with Crippen molar-refractivity contribution in [3.63, 3.8) is 0 Å². The van der Waals surface area contributed by atoms with Crippen LogP contribution in [0.25, 0.3) is 0 Å². The Hall–Kier alpha value is -2.97. The molecule has 0 unspecified atom stereocenters. The Kier molecular flexibility index (Phi) is 6.40. The Bertz CT molecular complexity index is 1250. The second-order valence-corrected chi connectivity index (χ2v) is 10.4. The number of rotatable bonds is 5. The average molecular weight is 518 g/mol. The summed E-state index contributed by atoms with van der Waals surface area (Å²) >= 11 is 0. The number of alkyl halides is 2. The molecule has 4 rings (SSSR count). The maximum absolute atomic E-state index is 14.4. The summed E-state index contributed by atoms with van der Waals surface area (Å²) in [5.74, 6) is -8.42. The number of benzene rings is 1. The molecule has 1 spiro atoms. The van der Waals surface area contributed by atoms with Crippen molar-refractivity contribution in [3.8, 4) is 5.75 Å². The second kappa shape index (κ2) is 8.91. The first kappa shape index (κ1) is 25.1. The highest BCUT2D eigenvalue weighted by Crippen LogP contribution is 2.43. The number of halogens is 4. The van der Waals surface area contributed by atoms with Gasteiger partial charge in [0.15, 0.2) is 17.4 Å². The Morgan fingerprint density at radius 3 is 2.60 bits per heavy atom. The van der Waals surface area contributed by atoms with E-state index in [1.54, 1.807) is 0 Å². The van der Waals surface area contributed by atoms with E-state index in [-0.39, 0.29) is 29.4 Å². The predicted molar refractivity (Wildman–Crippen MR) is 116 cm³/mol. The minimum absolute atomic E-state index is 0.00823. The summed E-state index contributed by atoms with van der Waals surface area (Å²) in [6.07, 6.45) is 2.23. The van der Waals surface area contributed by atoms with Crippen molar-refractivity contribution in [1.82, 2.24) is 4.98 Å². The third kappa shape index (κ3) is 5.04. The molecule has 9 nitrogen and oxygen atoms in total. The molecular weight excluding hydrogens is 496 g/mol. The SMILES string of the molecule is COc1c(N2CC3(C[C@@H]2C(=O)Nc2ccnc([S@](C)(=N)=O)c2)OCC(F)(F)CO3)ccc(F)c1F. The van der Waals surface area contributed by atoms with Crippen molar-refractivity contribution < 1.29 is 40.8 Å². The number of aromatic nitrogens is 1. The lowest BCUT2D eigenvalue weighted by Crippen LogP contribution is -2.51. The Labute approximate surface area is 198 Å². The van der Waals surface area contributed by atoms with Gasteiger partial charge in [-0.2, -0.15) is 4.39 Å². The van der Waals surface area contributed by atoms with Crippen molar-refractivity contribution >= 4 is 27.0 Å². The number of hydrogen-bond acceptors (Lipinski definition) is 8. The van der Waals surface area contributed by atoms with E-state index in [9.17, 15) is 26.6 Å². The number of amides is 1. The van der Waals surface area contributed by atoms with Crippen LogP contribution in [0.5, 0.6) is 5.75 Å². The van der Waals surface area contributed by atoms with Gasteiger partial charge in [-0.05, 0) is 24.3 Å². The summed E-state index contributed by atoms with van der Waals surface area (Å²) < 4.78 is 91.0. The van der Waals surface area contributed by atoms with Crippen LogP contribution < -0.4 is 15.0 Å². The fourth-order valence-electron chi connectivity index (χ4n) is 3.96. The van der Waals surface area contributed by atoms with Crippen molar-refractivity contribution in [1.29, 1.82) is 4.78 Å². The van der Waals surface area contributed by atoms with E-state index in [4.69, 9.17) is 19.0 Å². The number of pyridine rings is 1. The number of methoxy groups -OCH3 is 1. The van der Waals surface area contributed by atoms with Gasteiger partial charge in [-0.25, -0.2) is 27.1 Å². The van der Waals surface area contributed by atoms with E-state index in [1.807, 2.05) is 0 Å². The topological polar surface area (TPSA) is 114 Å². The van der Waals surface area contributed by atoms with Crippen molar-refractivity contribution in [2.75, 3.05) is 43.3 Å². The van der Waals surface area contributed by atoms with Gasteiger partial charge in [-0.1, -0.05) is 0 Å². The zero-order valence-electron chi connectivity index (χ0n) is 18.6. The second-order valence-electron chi connectivity index (χ2n) is 8.32. The Morgan fingerprint density at radius 2 is 1.97 bits per heavy atom. The lowest BCUT2D eigenvalue weighted by Gasteiger charge is -2.37. The molecule has 2 N–H and O–H groups in total. The van der Waals surface area contributed by atoms with E-state index in [0.29, 0.717) is 0 Å². The molecule has 2 atom stereocenters. The molecule has 0 radical (unpaired) electrons. The monoisotopic (exact) mass is 518 g/mol. The van der Waals surface area contributed by atoms with Gasteiger partial charge in [0.05, 0.1) is 29.1 Å². The number of anilines is 2. The van der Waals surface area contributed by atoms with Crippen LogP contribution >= 0.6 is 0 Å². The summed E-state index contributed by atoms with van der Waals surface area (Å²) in [5, 5.41) is 2.54. The average Bonchev–Trinajstić information content (AvgIpc) is 3.17. The Balaban J connectivity index is 1.69. The van der Waals surface area contributed by atoms with Gasteiger partial charge in [0.2, 0.25) is 11.7 Å². The van der Waals surface area contributed by atoms with E-state index >= 15 is 0 Å². The molecule has 2 aliphatic rings. The zero-order chi connectivity index (χ0) is 25.6. The summed E-state index contributed by atoms with van der Waals surface area (Å²) in [5.41, 5.74) is 0.170. The van der Waals surface area contributed by atoms with Crippen LogP contribution in [0.1, 0.15) is 6.42 Å². The minimum Gasteiger partial charge on any atom is -0.491 e. The highest BCUT2D eigenvalue weighted by atomic mass is 32.2. The van der Waals surface area contributed by atoms with Crippen LogP contribution in [0, 0.1) is 16.4 Å². The molecule has 0 saturated carbocycles. The number of ether oxygens (including phenoxy) is 3. The smallest absolute Gasteiger partial charge is 0.293 e. The molecule has 2 aliphatic heterocycles. The quantitative estimate of drug-likeness (QED) is 0.585. The van der Waals surface area contributed by atoms with Gasteiger partial charge < -0.3 is 24.4 Å². The summed E-state index contributed by atoms with van der Waals surface area (Å²) in [4.78, 5) is 18.5. The standard InChI is InChI=1S/C21H22F4N4O5S/c1-32-18-14(4-3-13(22)17(18)23)29-9-21(33-10-20(24,25)11-34-21)8-15(29)19(30)28-12-5-6-27-16(7-12)35(2,26)31/h3-7,15,26H,8-11H2,1-2H3,(H,27,28,30)/t15-,35-/m1/s1. The molecule has 2 aromatic rings. The van der Waals surface area contributed by atoms with Crippen molar-refractivity contribution in [2.24, 2.45) is 0 Å². The lowest BCUT2D eigenvalue weighted by molar-refractivity contribution is -0.319. The van der Waals surface area contributed by atoms with E-state index in [1.165, 1.54) is 35.6 Å². The highest BCUT2D eigenvalue weighted by molar-refractivity contribution is 7.91. The summed E-state index contributed by atoms with van der Waals surface area (Å²) in [7, 11) is -2.04. The maximum atomic E-state index is 14.4. The molecule has 14 heteroatoms.